The minimum atomic E-state index is 0.234. The first-order valence-corrected chi connectivity index (χ1v) is 9.36. The van der Waals surface area contributed by atoms with Crippen molar-refractivity contribution < 1.29 is 4.79 Å². The molecule has 3 unspecified atom stereocenters. The molecule has 4 heteroatoms. The van der Waals surface area contributed by atoms with Crippen LogP contribution in [0.25, 0.3) is 0 Å². The van der Waals surface area contributed by atoms with Crippen LogP contribution >= 0.6 is 0 Å². The van der Waals surface area contributed by atoms with Crippen molar-refractivity contribution in [3.63, 3.8) is 0 Å². The first kappa shape index (κ1) is 17.7. The summed E-state index contributed by atoms with van der Waals surface area (Å²) in [6.45, 7) is 10.6. The lowest BCUT2D eigenvalue weighted by atomic mass is 9.78. The molecule has 22 heavy (non-hydrogen) atoms. The van der Waals surface area contributed by atoms with Crippen LogP contribution in [0.4, 0.5) is 0 Å². The highest BCUT2D eigenvalue weighted by Crippen LogP contribution is 2.29. The largest absolute Gasteiger partial charge is 0.352 e. The van der Waals surface area contributed by atoms with Crippen LogP contribution in [0.2, 0.25) is 0 Å². The van der Waals surface area contributed by atoms with E-state index < -0.39 is 0 Å². The summed E-state index contributed by atoms with van der Waals surface area (Å²) in [5, 5.41) is 6.74. The van der Waals surface area contributed by atoms with Crippen LogP contribution in [0.3, 0.4) is 0 Å². The molecule has 2 N–H and O–H groups in total. The van der Waals surface area contributed by atoms with E-state index in [4.69, 9.17) is 0 Å². The Morgan fingerprint density at radius 3 is 2.59 bits per heavy atom. The summed E-state index contributed by atoms with van der Waals surface area (Å²) in [6.07, 6.45) is 7.18. The summed E-state index contributed by atoms with van der Waals surface area (Å²) < 4.78 is 0. The molecular weight excluding hydrogens is 274 g/mol. The van der Waals surface area contributed by atoms with Crippen LogP contribution in [0.1, 0.15) is 59.3 Å². The zero-order valence-corrected chi connectivity index (χ0v) is 14.7. The van der Waals surface area contributed by atoms with E-state index in [0.29, 0.717) is 24.5 Å². The Balaban J connectivity index is 1.84. The molecule has 1 aliphatic heterocycles. The summed E-state index contributed by atoms with van der Waals surface area (Å²) in [5.41, 5.74) is 0. The smallest absolute Gasteiger partial charge is 0.234 e. The number of rotatable bonds is 6. The highest BCUT2D eigenvalue weighted by Gasteiger charge is 2.29. The maximum absolute atomic E-state index is 12.5. The molecule has 2 fully saturated rings. The average molecular weight is 309 g/mol. The lowest BCUT2D eigenvalue weighted by molar-refractivity contribution is -0.124. The molecule has 0 aromatic heterocycles. The van der Waals surface area contributed by atoms with E-state index >= 15 is 0 Å². The molecule has 4 nitrogen and oxygen atoms in total. The molecular formula is C18H35N3O. The van der Waals surface area contributed by atoms with Gasteiger partial charge in [-0.05, 0) is 57.2 Å². The van der Waals surface area contributed by atoms with E-state index in [1.807, 2.05) is 0 Å². The van der Waals surface area contributed by atoms with Crippen molar-refractivity contribution in [2.24, 2.45) is 11.8 Å². The second kappa shape index (κ2) is 8.88. The van der Waals surface area contributed by atoms with Gasteiger partial charge in [0.2, 0.25) is 5.91 Å². The zero-order chi connectivity index (χ0) is 15.9. The fraction of sp³-hybridized carbons (Fsp3) is 0.944. The molecule has 2 aliphatic rings. The van der Waals surface area contributed by atoms with Crippen LogP contribution in [0.5, 0.6) is 0 Å². The fourth-order valence-electron chi connectivity index (χ4n) is 4.07. The van der Waals surface area contributed by atoms with Crippen LogP contribution in [-0.2, 0) is 4.79 Å². The summed E-state index contributed by atoms with van der Waals surface area (Å²) in [4.78, 5) is 14.9. The molecule has 1 heterocycles. The molecule has 1 aliphatic carbocycles. The van der Waals surface area contributed by atoms with E-state index in [1.165, 1.54) is 25.7 Å². The Morgan fingerprint density at radius 2 is 1.91 bits per heavy atom. The van der Waals surface area contributed by atoms with E-state index in [9.17, 15) is 4.79 Å². The predicted molar refractivity (Wildman–Crippen MR) is 91.9 cm³/mol. The van der Waals surface area contributed by atoms with E-state index in [1.54, 1.807) is 0 Å². The molecule has 0 aromatic rings. The average Bonchev–Trinajstić information content (AvgIpc) is 2.52. The number of nitrogens with one attached hydrogen (secondary N) is 2. The van der Waals surface area contributed by atoms with Gasteiger partial charge in [-0.15, -0.1) is 0 Å². The summed E-state index contributed by atoms with van der Waals surface area (Å²) in [7, 11) is 0. The molecule has 3 atom stereocenters. The number of hydrogen-bond donors (Lipinski definition) is 2. The molecule has 1 saturated carbocycles. The normalized spacial score (nSPS) is 30.5. The number of carbonyl (C=O) groups is 1. The van der Waals surface area contributed by atoms with Crippen LogP contribution < -0.4 is 10.6 Å². The summed E-state index contributed by atoms with van der Waals surface area (Å²) >= 11 is 0. The molecule has 128 valence electrons. The highest BCUT2D eigenvalue weighted by molar-refractivity contribution is 5.78. The van der Waals surface area contributed by atoms with Crippen molar-refractivity contribution >= 4 is 5.91 Å². The number of nitrogens with zero attached hydrogens (tertiary/aromatic N) is 1. The highest BCUT2D eigenvalue weighted by atomic mass is 16.2. The van der Waals surface area contributed by atoms with Gasteiger partial charge in [-0.1, -0.05) is 33.6 Å². The van der Waals surface area contributed by atoms with Crippen molar-refractivity contribution in [2.75, 3.05) is 26.2 Å². The Hall–Kier alpha value is -0.610. The van der Waals surface area contributed by atoms with Gasteiger partial charge >= 0.3 is 0 Å². The molecule has 0 spiro atoms. The van der Waals surface area contributed by atoms with Crippen molar-refractivity contribution in [1.82, 2.24) is 15.5 Å². The van der Waals surface area contributed by atoms with Gasteiger partial charge < -0.3 is 10.6 Å². The number of carbonyl (C=O) groups excluding carboxylic acids is 1. The fourth-order valence-corrected chi connectivity index (χ4v) is 4.07. The summed E-state index contributed by atoms with van der Waals surface area (Å²) in [5.74, 6) is 1.57. The molecule has 0 aromatic carbocycles. The van der Waals surface area contributed by atoms with Crippen molar-refractivity contribution in [3.05, 3.63) is 0 Å². The molecule has 2 rings (SSSR count). The lowest BCUT2D eigenvalue weighted by Crippen LogP contribution is -2.51. The van der Waals surface area contributed by atoms with Gasteiger partial charge in [-0.2, -0.15) is 0 Å². The van der Waals surface area contributed by atoms with Gasteiger partial charge in [-0.3, -0.25) is 9.69 Å². The third-order valence-electron chi connectivity index (χ3n) is 5.74. The number of piperidine rings is 1. The van der Waals surface area contributed by atoms with Crippen molar-refractivity contribution in [2.45, 2.75) is 71.4 Å². The van der Waals surface area contributed by atoms with Gasteiger partial charge in [0, 0.05) is 12.1 Å². The minimum Gasteiger partial charge on any atom is -0.352 e. The number of amides is 1. The van der Waals surface area contributed by atoms with Gasteiger partial charge in [0.05, 0.1) is 6.54 Å². The maximum atomic E-state index is 12.5. The van der Waals surface area contributed by atoms with Gasteiger partial charge in [0.1, 0.15) is 0 Å². The Bertz CT molecular complexity index is 341. The molecule has 0 radical (unpaired) electrons. The lowest BCUT2D eigenvalue weighted by Gasteiger charge is -2.37. The zero-order valence-electron chi connectivity index (χ0n) is 14.7. The number of hydrogen-bond acceptors (Lipinski definition) is 3. The third-order valence-corrected chi connectivity index (χ3v) is 5.74. The first-order valence-electron chi connectivity index (χ1n) is 9.36. The summed E-state index contributed by atoms with van der Waals surface area (Å²) in [6, 6.07) is 0.961. The SMILES string of the molecule is CCCN(CC(=O)NC1CCCC(C)C1C)C1CCNCC1. The Morgan fingerprint density at radius 1 is 1.18 bits per heavy atom. The monoisotopic (exact) mass is 309 g/mol. The minimum absolute atomic E-state index is 0.234. The van der Waals surface area contributed by atoms with Gasteiger partial charge in [-0.25, -0.2) is 0 Å². The van der Waals surface area contributed by atoms with Crippen molar-refractivity contribution in [1.29, 1.82) is 0 Å². The Kier molecular flexibility index (Phi) is 7.16. The first-order chi connectivity index (χ1) is 10.6. The standard InChI is InChI=1S/C18H35N3O/c1-4-12-21(16-8-10-19-11-9-16)13-18(22)20-17-7-5-6-14(2)15(17)3/h14-17,19H,4-13H2,1-3H3,(H,20,22). The van der Waals surface area contributed by atoms with E-state index in [0.717, 1.165) is 38.4 Å². The molecule has 1 saturated heterocycles. The Labute approximate surface area is 136 Å². The second-order valence-electron chi connectivity index (χ2n) is 7.39. The van der Waals surface area contributed by atoms with Gasteiger partial charge in [0.25, 0.3) is 0 Å². The third kappa shape index (κ3) is 4.95. The van der Waals surface area contributed by atoms with E-state index in [-0.39, 0.29) is 5.91 Å². The van der Waals surface area contributed by atoms with Crippen LogP contribution in [-0.4, -0.2) is 49.1 Å². The maximum Gasteiger partial charge on any atom is 0.234 e. The predicted octanol–water partition coefficient (Wildman–Crippen LogP) is 2.39. The second-order valence-corrected chi connectivity index (χ2v) is 7.39. The van der Waals surface area contributed by atoms with Gasteiger partial charge in [0.15, 0.2) is 0 Å². The topological polar surface area (TPSA) is 44.4 Å². The van der Waals surface area contributed by atoms with Crippen LogP contribution in [0.15, 0.2) is 0 Å². The quantitative estimate of drug-likeness (QED) is 0.792. The van der Waals surface area contributed by atoms with Crippen LogP contribution in [0, 0.1) is 11.8 Å². The molecule has 1 amide bonds. The molecule has 0 bridgehead atoms. The van der Waals surface area contributed by atoms with Crippen molar-refractivity contribution in [3.8, 4) is 0 Å². The van der Waals surface area contributed by atoms with E-state index in [2.05, 4.69) is 36.3 Å².